The highest BCUT2D eigenvalue weighted by molar-refractivity contribution is 7.97. The van der Waals surface area contributed by atoms with Gasteiger partial charge < -0.3 is 31.7 Å². The number of anilines is 2. The standard InChI is InChI=1S/C30H39S.C19H26N2O3S.C19H17S.C18H15S.C15H32N2O3S.C8H10N2O3S.CO2/c1-28(2,3)22-10-16-25(17-11-22)31(26-18-12-23(13-19-26)29(4,5)6)27-20-14-24(15-21-27)30(7,8)9;1-2-3-4-5-6-7-14-18(22)21-25(23,24)17-13-9-11-15-10-8-12-16(20)19(15)17;1-16-12-14-19(15-13-16)20(17-8-4-2-5-9-17)18-10-6-3-7-11-18;1-4-10-16(11-5-1)19(17-12-6-2-7-13-17)18-14-8-3-9-15-18;1-4-5-6-7-8-9-12-15(18)16-21(19,20)14-11-10-13-17(2)3;1-6(11)10-14(12,13)8-4-2-7(9)3-5-8;2-1-3/h10-21H,1-9H3;8-13H,2-7,14,20H2,1H3,(H,21,22);2-15H,1H3;1-15H;4-14H2,1-3H3,(H,16,18);2-5H,9H2,1H3,(H,10,11);/q+1;;2*+1;;;/p-3. The average Bonchev–Trinajstić information content (AvgIpc) is 0.795. The van der Waals surface area contributed by atoms with E-state index >= 15 is 0 Å². The van der Waals surface area contributed by atoms with E-state index in [9.17, 15) is 40.6 Å². The molecule has 0 amide bonds. The predicted octanol–water partition coefficient (Wildman–Crippen LogP) is 23.5. The Labute approximate surface area is 803 Å². The van der Waals surface area contributed by atoms with Gasteiger partial charge in [-0.25, -0.2) is 8.42 Å². The minimum Gasteiger partial charge on any atom is -0.861 e. The van der Waals surface area contributed by atoms with Gasteiger partial charge in [-0.2, -0.15) is 39.6 Å². The molecular weight excluding hydrogens is 1770 g/mol. The van der Waals surface area contributed by atoms with Gasteiger partial charge in [0.25, 0.3) is 30.1 Å². The lowest BCUT2D eigenvalue weighted by Gasteiger charge is -2.21. The highest BCUT2D eigenvalue weighted by atomic mass is 32.2. The van der Waals surface area contributed by atoms with Gasteiger partial charge >= 0.3 is 6.15 Å². The van der Waals surface area contributed by atoms with Crippen LogP contribution in [0.25, 0.3) is 10.8 Å². The molecule has 133 heavy (non-hydrogen) atoms. The monoisotopic (exact) mass is 1910 g/mol. The number of fused-ring (bicyclic) bond motifs is 1. The van der Waals surface area contributed by atoms with Gasteiger partial charge in [-0.15, -0.1) is 0 Å². The first kappa shape index (κ1) is 111. The Kier molecular flexibility index (Phi) is 47.0. The summed E-state index contributed by atoms with van der Waals surface area (Å²) < 4.78 is 80.9. The minimum atomic E-state index is -4.06. The van der Waals surface area contributed by atoms with Crippen LogP contribution in [0.15, 0.2) is 376 Å². The van der Waals surface area contributed by atoms with E-state index in [0.717, 1.165) is 58.4 Å². The summed E-state index contributed by atoms with van der Waals surface area (Å²) in [5.74, 6) is -1.86. The first-order chi connectivity index (χ1) is 63.2. The van der Waals surface area contributed by atoms with E-state index in [1.165, 1.54) is 129 Å². The Balaban J connectivity index is 0.000000247. The zero-order valence-corrected chi connectivity index (χ0v) is 85.0. The van der Waals surface area contributed by atoms with Gasteiger partial charge in [-0.3, -0.25) is 0 Å². The third-order valence-corrected chi connectivity index (χ3v) is 31.5. The van der Waals surface area contributed by atoms with Gasteiger partial charge in [0.2, 0.25) is 0 Å². The molecule has 4 N–H and O–H groups in total. The highest BCUT2D eigenvalue weighted by Crippen LogP contribution is 2.38. The summed E-state index contributed by atoms with van der Waals surface area (Å²) in [6, 6.07) is 106. The Morgan fingerprint density at radius 3 is 0.992 bits per heavy atom. The second kappa shape index (κ2) is 56.4. The molecule has 0 aliphatic rings. The van der Waals surface area contributed by atoms with Crippen LogP contribution in [0.5, 0.6) is 0 Å². The van der Waals surface area contributed by atoms with E-state index in [1.807, 2.05) is 19.0 Å². The van der Waals surface area contributed by atoms with E-state index in [4.69, 9.17) is 21.1 Å². The summed E-state index contributed by atoms with van der Waals surface area (Å²) in [4.78, 5) is 30.5. The largest absolute Gasteiger partial charge is 0.861 e. The van der Waals surface area contributed by atoms with Crippen molar-refractivity contribution in [1.82, 2.24) is 4.90 Å². The van der Waals surface area contributed by atoms with Crippen molar-refractivity contribution in [2.24, 2.45) is 13.2 Å². The molecule has 23 heteroatoms. The number of rotatable bonds is 33. The molecule has 0 aliphatic carbocycles. The topological polar surface area (TPSA) is 298 Å². The molecule has 12 aromatic carbocycles. The Morgan fingerprint density at radius 2 is 0.669 bits per heavy atom. The van der Waals surface area contributed by atoms with Crippen molar-refractivity contribution >= 4 is 109 Å². The molecule has 0 saturated heterocycles. The molecule has 0 radical (unpaired) electrons. The van der Waals surface area contributed by atoms with Gasteiger partial charge in [0.1, 0.15) is 0 Å². The minimum absolute atomic E-state index is 0.0144. The molecule has 0 heterocycles. The fourth-order valence-electron chi connectivity index (χ4n) is 13.7. The fourth-order valence-corrected chi connectivity index (χ4v) is 23.1. The van der Waals surface area contributed by atoms with Crippen LogP contribution >= 0.6 is 0 Å². The third-order valence-electron chi connectivity index (χ3n) is 20.8. The van der Waals surface area contributed by atoms with Gasteiger partial charge in [0.15, 0.2) is 44.1 Å². The maximum absolute atomic E-state index is 12.5. The number of nitrogens with two attached hydrogens (primary N) is 2. The second-order valence-corrected chi connectivity index (χ2v) is 46.3. The van der Waals surface area contributed by atoms with E-state index in [-0.39, 0.29) is 83.5 Å². The molecule has 17 nitrogen and oxygen atoms in total. The normalized spacial score (nSPS) is 12.0. The molecule has 0 spiro atoms. The zero-order chi connectivity index (χ0) is 97.6. The molecule has 0 bridgehead atoms. The molecule has 0 atom stereocenters. The number of benzene rings is 12. The fraction of sp³-hybridized carbons (Fsp3) is 0.327. The first-order valence-electron chi connectivity index (χ1n) is 45.3. The second-order valence-electron chi connectivity index (χ2n) is 35.3. The summed E-state index contributed by atoms with van der Waals surface area (Å²) in [5.41, 5.74) is 18.1. The van der Waals surface area contributed by atoms with Crippen LogP contribution in [0, 0.1) is 6.92 Å². The molecule has 0 aliphatic heterocycles. The number of nitrogens with zero attached hydrogens (tertiary/aromatic N) is 4. The lowest BCUT2D eigenvalue weighted by atomic mass is 9.87. The molecule has 12 aromatic rings. The van der Waals surface area contributed by atoms with Crippen LogP contribution in [0.4, 0.5) is 11.4 Å². The number of sulfonamides is 3. The number of carbonyl (C=O) groups excluding carboxylic acids is 2. The van der Waals surface area contributed by atoms with Gasteiger partial charge in [0, 0.05) is 16.8 Å². The molecule has 0 unspecified atom stereocenters. The smallest absolute Gasteiger partial charge is 0.373 e. The maximum Gasteiger partial charge on any atom is 0.373 e. The molecule has 708 valence electrons. The summed E-state index contributed by atoms with van der Waals surface area (Å²) in [6.07, 6.45) is 14.6. The molecule has 0 saturated carbocycles. The number of aryl methyl sites for hydroxylation is 1. The van der Waals surface area contributed by atoms with E-state index in [2.05, 4.69) is 345 Å². The number of unbranched alkanes of at least 4 members (excludes halogenated alkanes) is 11. The molecule has 0 aromatic heterocycles. The molecular formula is C110H136N6O11S6. The van der Waals surface area contributed by atoms with E-state index < -0.39 is 47.8 Å². The van der Waals surface area contributed by atoms with Gasteiger partial charge in [0.05, 0.1) is 48.2 Å². The Bertz CT molecular complexity index is 5620. The summed E-state index contributed by atoms with van der Waals surface area (Å²) in [5, 5.41) is 35.2. The Morgan fingerprint density at radius 1 is 0.361 bits per heavy atom. The van der Waals surface area contributed by atoms with Crippen molar-refractivity contribution in [3.63, 3.8) is 0 Å². The van der Waals surface area contributed by atoms with Crippen molar-refractivity contribution in [2.75, 3.05) is 37.9 Å². The van der Waals surface area contributed by atoms with E-state index in [0.29, 0.717) is 35.0 Å². The molecule has 0 fully saturated rings. The zero-order valence-electron chi connectivity index (χ0n) is 80.1. The van der Waals surface area contributed by atoms with Crippen LogP contribution in [0.2, 0.25) is 0 Å². The molecule has 12 rings (SSSR count). The SMILES string of the molecule is CC(C)(C)c1ccc([S+](c2ccc(C(C)(C)C)cc2)c2ccc(C(C)(C)C)cc2)cc1.CC([O-])=NS(=O)(=O)c1ccc(N)cc1.CCCCCCCCC([O-])=NS(=O)(=O)CCCCN(C)C.CCCCCCCCC([O-])=NS(=O)(=O)c1cccc2cccc(N)c12.Cc1ccc([S+](c2ccccc2)c2ccccc2)cc1.O=C=O.c1ccc([S+](c2ccccc2)c2ccccc2)cc1. The summed E-state index contributed by atoms with van der Waals surface area (Å²) in [6.45, 7) is 28.8. The van der Waals surface area contributed by atoms with Crippen LogP contribution in [-0.2, 0) is 88.6 Å². The van der Waals surface area contributed by atoms with Crippen molar-refractivity contribution in [3.05, 3.63) is 332 Å². The highest BCUT2D eigenvalue weighted by Gasteiger charge is 2.33. The lowest BCUT2D eigenvalue weighted by Crippen LogP contribution is -2.20. The quantitative estimate of drug-likeness (QED) is 0.0127. The van der Waals surface area contributed by atoms with Crippen LogP contribution in [0.3, 0.4) is 0 Å². The van der Waals surface area contributed by atoms with Crippen molar-refractivity contribution in [3.8, 4) is 0 Å². The van der Waals surface area contributed by atoms with E-state index in [1.54, 1.807) is 30.3 Å². The van der Waals surface area contributed by atoms with Crippen molar-refractivity contribution in [1.29, 1.82) is 0 Å². The van der Waals surface area contributed by atoms with Gasteiger partial charge in [-0.05, 0) is 275 Å². The first-order valence-corrected chi connectivity index (χ1v) is 53.5. The number of hydrogen-bond acceptors (Lipinski definition) is 14. The van der Waals surface area contributed by atoms with Gasteiger partial charge in [-0.1, -0.05) is 310 Å². The average molecular weight is 1910 g/mol. The summed E-state index contributed by atoms with van der Waals surface area (Å²) >= 11 is 0. The summed E-state index contributed by atoms with van der Waals surface area (Å²) in [7, 11) is -7.76. The lowest BCUT2D eigenvalue weighted by molar-refractivity contribution is -0.219. The predicted molar refractivity (Wildman–Crippen MR) is 549 cm³/mol. The van der Waals surface area contributed by atoms with Crippen LogP contribution < -0.4 is 26.8 Å². The van der Waals surface area contributed by atoms with Crippen LogP contribution in [-0.4, -0.2) is 80.4 Å². The van der Waals surface area contributed by atoms with Crippen LogP contribution in [0.1, 0.15) is 208 Å². The number of nitrogen functional groups attached to an aromatic ring is 2. The maximum atomic E-state index is 12.5. The third kappa shape index (κ3) is 39.7. The van der Waals surface area contributed by atoms with Crippen molar-refractivity contribution < 1.29 is 50.2 Å². The van der Waals surface area contributed by atoms with Crippen molar-refractivity contribution in [2.45, 2.75) is 263 Å². The number of hydrogen-bond donors (Lipinski definition) is 2. The Hall–Kier alpha value is -10.9.